The van der Waals surface area contributed by atoms with E-state index in [0.29, 0.717) is 0 Å². The summed E-state index contributed by atoms with van der Waals surface area (Å²) in [6.45, 7) is 11.0. The Morgan fingerprint density at radius 1 is 0.619 bits per heavy atom. The topological polar surface area (TPSA) is 0 Å². The maximum atomic E-state index is 2.20. The van der Waals surface area contributed by atoms with Gasteiger partial charge in [-0.05, 0) is 10.8 Å². The third kappa shape index (κ3) is 3.81. The molecular formula is C20H23Co-. The van der Waals surface area contributed by atoms with Gasteiger partial charge in [0.15, 0.2) is 0 Å². The van der Waals surface area contributed by atoms with Crippen molar-refractivity contribution >= 4 is 10.8 Å². The second-order valence-electron chi connectivity index (χ2n) is 5.47. The molecule has 0 spiro atoms. The van der Waals surface area contributed by atoms with Crippen molar-refractivity contribution in [2.45, 2.75) is 34.6 Å². The second kappa shape index (κ2) is 7.53. The van der Waals surface area contributed by atoms with Gasteiger partial charge in [0, 0.05) is 16.8 Å². The molecule has 0 nitrogen and oxygen atoms in total. The van der Waals surface area contributed by atoms with Crippen LogP contribution in [0.25, 0.3) is 10.8 Å². The van der Waals surface area contributed by atoms with Crippen molar-refractivity contribution in [2.75, 3.05) is 0 Å². The van der Waals surface area contributed by atoms with Gasteiger partial charge in [-0.3, -0.25) is 0 Å². The Bertz CT molecular complexity index is 574. The van der Waals surface area contributed by atoms with Gasteiger partial charge in [0.05, 0.1) is 0 Å². The van der Waals surface area contributed by atoms with Gasteiger partial charge in [0.2, 0.25) is 0 Å². The molecule has 0 heterocycles. The fraction of sp³-hybridized carbons (Fsp3) is 0.250. The Morgan fingerprint density at radius 3 is 1.10 bits per heavy atom. The summed E-state index contributed by atoms with van der Waals surface area (Å²) in [5, 5.41) is 2.62. The summed E-state index contributed by atoms with van der Waals surface area (Å²) in [6, 6.07) is 16.7. The molecule has 0 aliphatic heterocycles. The van der Waals surface area contributed by atoms with Gasteiger partial charge in [-0.25, -0.2) is 0 Å². The van der Waals surface area contributed by atoms with E-state index >= 15 is 0 Å². The largest absolute Gasteiger partial charge is 0.196 e. The van der Waals surface area contributed by atoms with E-state index in [0.717, 1.165) is 0 Å². The minimum Gasteiger partial charge on any atom is -0.196 e. The van der Waals surface area contributed by atoms with E-state index in [9.17, 15) is 0 Å². The Labute approximate surface area is 138 Å². The standard InChI is InChI=1S/C10H8.C10H15.Co/c1-2-6-10-8-4-3-7-9(10)5-1;1-6-7(2)9(4)10(5)8(6)3;/h1-8H;1-5H3;/q;-1;. The molecule has 0 fully saturated rings. The van der Waals surface area contributed by atoms with Gasteiger partial charge >= 0.3 is 0 Å². The van der Waals surface area contributed by atoms with Gasteiger partial charge in [-0.15, -0.1) is 0 Å². The zero-order chi connectivity index (χ0) is 14.7. The van der Waals surface area contributed by atoms with E-state index in [-0.39, 0.29) is 16.8 Å². The Hall–Kier alpha value is -1.44. The van der Waals surface area contributed by atoms with Gasteiger partial charge in [-0.1, -0.05) is 83.1 Å². The number of benzene rings is 2. The van der Waals surface area contributed by atoms with Crippen LogP contribution in [0.4, 0.5) is 0 Å². The number of hydrogen-bond donors (Lipinski definition) is 0. The fourth-order valence-electron chi connectivity index (χ4n) is 2.54. The van der Waals surface area contributed by atoms with Crippen molar-refractivity contribution in [2.24, 2.45) is 0 Å². The zero-order valence-corrected chi connectivity index (χ0v) is 14.5. The fourth-order valence-corrected chi connectivity index (χ4v) is 2.54. The molecule has 21 heavy (non-hydrogen) atoms. The van der Waals surface area contributed by atoms with E-state index in [4.69, 9.17) is 0 Å². The summed E-state index contributed by atoms with van der Waals surface area (Å²) in [7, 11) is 0. The second-order valence-corrected chi connectivity index (χ2v) is 5.47. The van der Waals surface area contributed by atoms with E-state index in [2.05, 4.69) is 83.1 Å². The Balaban J connectivity index is 0.000000200. The van der Waals surface area contributed by atoms with Crippen LogP contribution in [0.2, 0.25) is 0 Å². The van der Waals surface area contributed by atoms with E-state index in [1.54, 1.807) is 0 Å². The normalized spacial score (nSPS) is 9.76. The molecule has 0 amide bonds. The molecule has 0 atom stereocenters. The third-order valence-corrected chi connectivity index (χ3v) is 4.47. The first kappa shape index (κ1) is 17.6. The minimum atomic E-state index is 0. The van der Waals surface area contributed by atoms with Crippen molar-refractivity contribution in [3.63, 3.8) is 0 Å². The first-order valence-electron chi connectivity index (χ1n) is 7.15. The average molecular weight is 322 g/mol. The minimum absolute atomic E-state index is 0. The molecule has 3 rings (SSSR count). The molecule has 3 aromatic rings. The molecule has 0 saturated heterocycles. The van der Waals surface area contributed by atoms with Crippen molar-refractivity contribution in [3.05, 3.63) is 76.3 Å². The summed E-state index contributed by atoms with van der Waals surface area (Å²) >= 11 is 0. The molecule has 0 aliphatic rings. The molecule has 3 aromatic carbocycles. The molecule has 0 bridgehead atoms. The quantitative estimate of drug-likeness (QED) is 0.460. The van der Waals surface area contributed by atoms with Crippen molar-refractivity contribution < 1.29 is 16.8 Å². The van der Waals surface area contributed by atoms with Crippen molar-refractivity contribution in [1.82, 2.24) is 0 Å². The molecule has 0 unspecified atom stereocenters. The molecule has 113 valence electrons. The van der Waals surface area contributed by atoms with Crippen LogP contribution in [0, 0.1) is 34.6 Å². The monoisotopic (exact) mass is 322 g/mol. The Morgan fingerprint density at radius 2 is 0.905 bits per heavy atom. The molecule has 1 heteroatoms. The average Bonchev–Trinajstić information content (AvgIpc) is 2.66. The van der Waals surface area contributed by atoms with Gasteiger partial charge < -0.3 is 0 Å². The molecule has 1 radical (unpaired) electrons. The first-order valence-corrected chi connectivity index (χ1v) is 7.15. The molecule has 0 aliphatic carbocycles. The van der Waals surface area contributed by atoms with Crippen LogP contribution in [0.1, 0.15) is 27.8 Å². The van der Waals surface area contributed by atoms with Gasteiger partial charge in [0.1, 0.15) is 0 Å². The molecular weight excluding hydrogens is 299 g/mol. The summed E-state index contributed by atoms with van der Waals surface area (Å²) in [6.07, 6.45) is 0. The molecule has 0 aromatic heterocycles. The van der Waals surface area contributed by atoms with Crippen LogP contribution in [0.15, 0.2) is 48.5 Å². The van der Waals surface area contributed by atoms with Crippen LogP contribution >= 0.6 is 0 Å². The van der Waals surface area contributed by atoms with Crippen LogP contribution in [0.5, 0.6) is 0 Å². The van der Waals surface area contributed by atoms with Crippen LogP contribution in [0.3, 0.4) is 0 Å². The molecule has 0 N–H and O–H groups in total. The maximum Gasteiger partial charge on any atom is 0 e. The summed E-state index contributed by atoms with van der Waals surface area (Å²) in [5.41, 5.74) is 7.34. The third-order valence-electron chi connectivity index (χ3n) is 4.47. The predicted octanol–water partition coefficient (Wildman–Crippen LogP) is 5.78. The van der Waals surface area contributed by atoms with Crippen LogP contribution in [-0.4, -0.2) is 0 Å². The van der Waals surface area contributed by atoms with Crippen molar-refractivity contribution in [1.29, 1.82) is 0 Å². The summed E-state index contributed by atoms with van der Waals surface area (Å²) in [5.74, 6) is 0. The predicted molar refractivity (Wildman–Crippen MR) is 89.7 cm³/mol. The number of fused-ring (bicyclic) bond motifs is 1. The summed E-state index contributed by atoms with van der Waals surface area (Å²) in [4.78, 5) is 0. The van der Waals surface area contributed by atoms with Crippen LogP contribution in [-0.2, 0) is 16.8 Å². The maximum absolute atomic E-state index is 2.20. The SMILES string of the molecule is Cc1c(C)c(C)[c-](C)c1C.[Co].c1ccc2ccccc2c1. The van der Waals surface area contributed by atoms with Gasteiger partial charge in [-0.2, -0.15) is 27.8 Å². The van der Waals surface area contributed by atoms with Crippen molar-refractivity contribution in [3.8, 4) is 0 Å². The number of hydrogen-bond acceptors (Lipinski definition) is 0. The smallest absolute Gasteiger partial charge is 0 e. The first-order chi connectivity index (χ1) is 9.52. The Kier molecular flexibility index (Phi) is 6.32. The summed E-state index contributed by atoms with van der Waals surface area (Å²) < 4.78 is 0. The van der Waals surface area contributed by atoms with Crippen LogP contribution < -0.4 is 0 Å². The van der Waals surface area contributed by atoms with E-state index in [1.807, 2.05) is 0 Å². The molecule has 0 saturated carbocycles. The van der Waals surface area contributed by atoms with Gasteiger partial charge in [0.25, 0.3) is 0 Å². The number of rotatable bonds is 0. The van der Waals surface area contributed by atoms with E-state index in [1.165, 1.54) is 38.6 Å². The zero-order valence-electron chi connectivity index (χ0n) is 13.5. The van der Waals surface area contributed by atoms with E-state index < -0.39 is 0 Å².